The largest absolute Gasteiger partial charge is 0.423 e. The van der Waals surface area contributed by atoms with Crippen LogP contribution in [0.1, 0.15) is 58.2 Å². The fourth-order valence-corrected chi connectivity index (χ4v) is 3.44. The molecule has 1 N–H and O–H groups in total. The van der Waals surface area contributed by atoms with Crippen molar-refractivity contribution >= 4 is 0 Å². The van der Waals surface area contributed by atoms with Crippen LogP contribution in [-0.4, -0.2) is 40.8 Å². The van der Waals surface area contributed by atoms with Gasteiger partial charge in [0.25, 0.3) is 0 Å². The zero-order chi connectivity index (χ0) is 14.9. The maximum Gasteiger partial charge on any atom is 0.230 e. The molecule has 1 aromatic heterocycles. The van der Waals surface area contributed by atoms with Crippen molar-refractivity contribution in [3.63, 3.8) is 0 Å². The van der Waals surface area contributed by atoms with Crippen molar-refractivity contribution in [1.82, 2.24) is 20.4 Å². The van der Waals surface area contributed by atoms with E-state index in [1.807, 2.05) is 0 Å². The highest BCUT2D eigenvalue weighted by atomic mass is 16.4. The molecule has 3 heterocycles. The van der Waals surface area contributed by atoms with Gasteiger partial charge >= 0.3 is 0 Å². The predicted octanol–water partition coefficient (Wildman–Crippen LogP) is 2.33. The van der Waals surface area contributed by atoms with E-state index >= 15 is 0 Å². The van der Waals surface area contributed by atoms with Crippen LogP contribution in [0.25, 0.3) is 0 Å². The van der Waals surface area contributed by atoms with E-state index in [1.165, 1.54) is 32.2 Å². The molecule has 3 rings (SSSR count). The molecular weight excluding hydrogens is 264 g/mol. The molecule has 118 valence electrons. The second kappa shape index (κ2) is 6.05. The summed E-state index contributed by atoms with van der Waals surface area (Å²) in [6.07, 6.45) is 5.29. The number of rotatable bonds is 3. The number of nitrogens with one attached hydrogen (secondary N) is 1. The zero-order valence-corrected chi connectivity index (χ0v) is 13.6. The third-order valence-electron chi connectivity index (χ3n) is 4.77. The summed E-state index contributed by atoms with van der Waals surface area (Å²) in [6, 6.07) is 0.767. The van der Waals surface area contributed by atoms with Gasteiger partial charge in [0.05, 0.1) is 6.54 Å². The molecule has 5 nitrogen and oxygen atoms in total. The first-order chi connectivity index (χ1) is 10.0. The van der Waals surface area contributed by atoms with Gasteiger partial charge in [-0.3, -0.25) is 4.90 Å². The van der Waals surface area contributed by atoms with Crippen LogP contribution >= 0.6 is 0 Å². The molecule has 0 radical (unpaired) electrons. The van der Waals surface area contributed by atoms with Crippen molar-refractivity contribution < 1.29 is 4.42 Å². The summed E-state index contributed by atoms with van der Waals surface area (Å²) in [7, 11) is 0. The van der Waals surface area contributed by atoms with E-state index in [0.29, 0.717) is 0 Å². The minimum atomic E-state index is -0.0631. The van der Waals surface area contributed by atoms with Gasteiger partial charge in [0.15, 0.2) is 0 Å². The highest BCUT2D eigenvalue weighted by Crippen LogP contribution is 2.26. The van der Waals surface area contributed by atoms with Gasteiger partial charge in [-0.05, 0) is 51.2 Å². The first-order valence-corrected chi connectivity index (χ1v) is 8.31. The summed E-state index contributed by atoms with van der Waals surface area (Å²) in [6.45, 7) is 10.6. The molecule has 21 heavy (non-hydrogen) atoms. The van der Waals surface area contributed by atoms with Crippen LogP contribution in [0, 0.1) is 5.92 Å². The van der Waals surface area contributed by atoms with E-state index in [9.17, 15) is 0 Å². The lowest BCUT2D eigenvalue weighted by molar-refractivity contribution is 0.145. The lowest BCUT2D eigenvalue weighted by Crippen LogP contribution is -2.40. The summed E-state index contributed by atoms with van der Waals surface area (Å²) in [5.41, 5.74) is -0.0631. The van der Waals surface area contributed by atoms with Gasteiger partial charge in [-0.1, -0.05) is 20.8 Å². The second-order valence-corrected chi connectivity index (χ2v) is 7.57. The Hall–Kier alpha value is -0.940. The SMILES string of the molecule is CC(C)(C)c1nnc(CN2CCC(C3CCCN3)CC2)o1. The highest BCUT2D eigenvalue weighted by molar-refractivity contribution is 4.96. The molecule has 1 atom stereocenters. The van der Waals surface area contributed by atoms with Gasteiger partial charge in [0.2, 0.25) is 11.8 Å². The Morgan fingerprint density at radius 1 is 1.19 bits per heavy atom. The van der Waals surface area contributed by atoms with Crippen LogP contribution in [-0.2, 0) is 12.0 Å². The number of hydrogen-bond acceptors (Lipinski definition) is 5. The molecule has 5 heteroatoms. The average Bonchev–Trinajstić information content (AvgIpc) is 3.09. The first kappa shape index (κ1) is 15.0. The van der Waals surface area contributed by atoms with Gasteiger partial charge in [0.1, 0.15) is 0 Å². The monoisotopic (exact) mass is 292 g/mol. The van der Waals surface area contributed by atoms with Gasteiger partial charge in [-0.15, -0.1) is 10.2 Å². The second-order valence-electron chi connectivity index (χ2n) is 7.57. The minimum absolute atomic E-state index is 0.0631. The predicted molar refractivity (Wildman–Crippen MR) is 82.0 cm³/mol. The van der Waals surface area contributed by atoms with Gasteiger partial charge in [-0.2, -0.15) is 0 Å². The highest BCUT2D eigenvalue weighted by Gasteiger charge is 2.29. The normalized spacial score (nSPS) is 25.6. The van der Waals surface area contributed by atoms with Crippen LogP contribution in [0.5, 0.6) is 0 Å². The van der Waals surface area contributed by atoms with Crippen molar-refractivity contribution in [3.8, 4) is 0 Å². The maximum atomic E-state index is 5.80. The molecular formula is C16H28N4O. The topological polar surface area (TPSA) is 54.2 Å². The van der Waals surface area contributed by atoms with Crippen molar-refractivity contribution in [2.24, 2.45) is 5.92 Å². The molecule has 2 aliphatic rings. The van der Waals surface area contributed by atoms with E-state index < -0.39 is 0 Å². The Balaban J connectivity index is 1.50. The van der Waals surface area contributed by atoms with E-state index in [1.54, 1.807) is 0 Å². The van der Waals surface area contributed by atoms with Crippen LogP contribution < -0.4 is 5.32 Å². The number of hydrogen-bond donors (Lipinski definition) is 1. The lowest BCUT2D eigenvalue weighted by Gasteiger charge is -2.34. The van der Waals surface area contributed by atoms with E-state index in [0.717, 1.165) is 43.4 Å². The number of likely N-dealkylation sites (tertiary alicyclic amines) is 1. The Kier molecular flexibility index (Phi) is 4.31. The molecule has 0 spiro atoms. The Morgan fingerprint density at radius 3 is 2.52 bits per heavy atom. The van der Waals surface area contributed by atoms with Crippen molar-refractivity contribution in [1.29, 1.82) is 0 Å². The Morgan fingerprint density at radius 2 is 1.95 bits per heavy atom. The van der Waals surface area contributed by atoms with Gasteiger partial charge in [0, 0.05) is 11.5 Å². The third-order valence-corrected chi connectivity index (χ3v) is 4.77. The smallest absolute Gasteiger partial charge is 0.230 e. The number of piperidine rings is 1. The van der Waals surface area contributed by atoms with Crippen molar-refractivity contribution in [2.45, 2.75) is 64.5 Å². The third kappa shape index (κ3) is 3.64. The molecule has 2 aliphatic heterocycles. The molecule has 2 fully saturated rings. The first-order valence-electron chi connectivity index (χ1n) is 8.31. The summed E-state index contributed by atoms with van der Waals surface area (Å²) >= 11 is 0. The molecule has 2 saturated heterocycles. The van der Waals surface area contributed by atoms with Crippen molar-refractivity contribution in [2.75, 3.05) is 19.6 Å². The maximum absolute atomic E-state index is 5.80. The number of aromatic nitrogens is 2. The molecule has 0 aromatic carbocycles. The zero-order valence-electron chi connectivity index (χ0n) is 13.6. The van der Waals surface area contributed by atoms with E-state index in [4.69, 9.17) is 4.42 Å². The lowest BCUT2D eigenvalue weighted by atomic mass is 9.88. The van der Waals surface area contributed by atoms with Gasteiger partial charge in [-0.25, -0.2) is 0 Å². The Labute approximate surface area is 127 Å². The average molecular weight is 292 g/mol. The van der Waals surface area contributed by atoms with E-state index in [2.05, 4.69) is 41.2 Å². The van der Waals surface area contributed by atoms with Crippen LogP contribution in [0.3, 0.4) is 0 Å². The van der Waals surface area contributed by atoms with E-state index in [-0.39, 0.29) is 5.41 Å². The van der Waals surface area contributed by atoms with Crippen LogP contribution in [0.15, 0.2) is 4.42 Å². The minimum Gasteiger partial charge on any atom is -0.423 e. The fraction of sp³-hybridized carbons (Fsp3) is 0.875. The Bertz CT molecular complexity index is 451. The molecule has 0 aliphatic carbocycles. The quantitative estimate of drug-likeness (QED) is 0.926. The van der Waals surface area contributed by atoms with Gasteiger partial charge < -0.3 is 9.73 Å². The van der Waals surface area contributed by atoms with Crippen LogP contribution in [0.4, 0.5) is 0 Å². The summed E-state index contributed by atoms with van der Waals surface area (Å²) < 4.78 is 5.80. The molecule has 0 amide bonds. The molecule has 0 bridgehead atoms. The fourth-order valence-electron chi connectivity index (χ4n) is 3.44. The van der Waals surface area contributed by atoms with Crippen molar-refractivity contribution in [3.05, 3.63) is 11.8 Å². The molecule has 1 unspecified atom stereocenters. The summed E-state index contributed by atoms with van der Waals surface area (Å²) in [4.78, 5) is 2.45. The van der Waals surface area contributed by atoms with Crippen LogP contribution in [0.2, 0.25) is 0 Å². The molecule has 0 saturated carbocycles. The summed E-state index contributed by atoms with van der Waals surface area (Å²) in [5, 5.41) is 12.0. The summed E-state index contributed by atoms with van der Waals surface area (Å²) in [5.74, 6) is 2.36. The standard InChI is InChI=1S/C16H28N4O/c1-16(2,3)15-19-18-14(21-15)11-20-9-6-12(7-10-20)13-5-4-8-17-13/h12-13,17H,4-11H2,1-3H3. The number of nitrogens with zero attached hydrogens (tertiary/aromatic N) is 3. The molecule has 1 aromatic rings.